The molecule has 2 N–H and O–H groups in total. The molecule has 21 heavy (non-hydrogen) atoms. The molecule has 1 aliphatic heterocycles. The monoisotopic (exact) mass is 293 g/mol. The third kappa shape index (κ3) is 4.25. The Morgan fingerprint density at radius 2 is 2.14 bits per heavy atom. The summed E-state index contributed by atoms with van der Waals surface area (Å²) in [6.45, 7) is 3.21. The van der Waals surface area contributed by atoms with Gasteiger partial charge in [-0.15, -0.1) is 0 Å². The van der Waals surface area contributed by atoms with Crippen molar-refractivity contribution >= 4 is 6.21 Å². The molecule has 0 spiro atoms. The van der Waals surface area contributed by atoms with Gasteiger partial charge in [-0.05, 0) is 18.9 Å². The lowest BCUT2D eigenvalue weighted by atomic mass is 10.1. The van der Waals surface area contributed by atoms with Gasteiger partial charge in [0, 0.05) is 6.61 Å². The molecular weight excluding hydrogens is 266 g/mol. The van der Waals surface area contributed by atoms with Crippen molar-refractivity contribution in [3.8, 4) is 0 Å². The summed E-state index contributed by atoms with van der Waals surface area (Å²) in [5.41, 5.74) is 0. The van der Waals surface area contributed by atoms with E-state index in [1.54, 1.807) is 0 Å². The fraction of sp³-hybridized carbons (Fsp3) is 0.625. The van der Waals surface area contributed by atoms with Crippen LogP contribution in [0.4, 0.5) is 0 Å². The summed E-state index contributed by atoms with van der Waals surface area (Å²) in [6.07, 6.45) is 17.1. The average Bonchev–Trinajstić information content (AvgIpc) is 3.11. The van der Waals surface area contributed by atoms with Gasteiger partial charge in [0.15, 0.2) is 12.4 Å². The lowest BCUT2D eigenvalue weighted by molar-refractivity contribution is -0.863. The van der Waals surface area contributed by atoms with Gasteiger partial charge in [0.2, 0.25) is 6.33 Å². The van der Waals surface area contributed by atoms with E-state index in [1.807, 2.05) is 10.8 Å². The topological polar surface area (TPSA) is 52.3 Å². The van der Waals surface area contributed by atoms with Crippen LogP contribution in [0.3, 0.4) is 0 Å². The number of aliphatic hydroxyl groups is 2. The Morgan fingerprint density at radius 1 is 1.29 bits per heavy atom. The molecule has 0 aliphatic carbocycles. The first-order valence-electron chi connectivity index (χ1n) is 7.87. The quantitative estimate of drug-likeness (QED) is 0.669. The molecule has 2 rings (SSSR count). The Bertz CT molecular complexity index is 493. The van der Waals surface area contributed by atoms with E-state index in [-0.39, 0.29) is 19.4 Å². The van der Waals surface area contributed by atoms with E-state index in [2.05, 4.69) is 47.1 Å². The van der Waals surface area contributed by atoms with Gasteiger partial charge < -0.3 is 10.2 Å². The van der Waals surface area contributed by atoms with Crippen LogP contribution in [0.1, 0.15) is 38.8 Å². The van der Waals surface area contributed by atoms with Crippen LogP contribution in [0.15, 0.2) is 31.0 Å². The van der Waals surface area contributed by atoms with E-state index >= 15 is 0 Å². The van der Waals surface area contributed by atoms with Crippen molar-refractivity contribution in [2.45, 2.75) is 45.3 Å². The molecule has 2 unspecified atom stereocenters. The van der Waals surface area contributed by atoms with Crippen LogP contribution in [0.5, 0.6) is 0 Å². The zero-order valence-corrected chi connectivity index (χ0v) is 12.8. The Labute approximate surface area is 126 Å². The van der Waals surface area contributed by atoms with Crippen LogP contribution in [-0.2, 0) is 6.54 Å². The maximum atomic E-state index is 9.07. The van der Waals surface area contributed by atoms with Crippen molar-refractivity contribution in [3.05, 3.63) is 31.0 Å². The van der Waals surface area contributed by atoms with Crippen LogP contribution in [0.2, 0.25) is 0 Å². The second-order valence-electron chi connectivity index (χ2n) is 5.56. The van der Waals surface area contributed by atoms with Crippen LogP contribution in [0.25, 0.3) is 0 Å². The molecule has 0 bridgehead atoms. The van der Waals surface area contributed by atoms with Gasteiger partial charge in [0.1, 0.15) is 18.9 Å². The fourth-order valence-electron chi connectivity index (χ4n) is 2.72. The van der Waals surface area contributed by atoms with E-state index in [4.69, 9.17) is 10.2 Å². The molecule has 0 saturated heterocycles. The molecule has 1 aliphatic rings. The van der Waals surface area contributed by atoms with E-state index in [0.717, 1.165) is 12.8 Å². The molecule has 2 heterocycles. The number of aliphatic hydroxyl groups excluding tert-OH is 2. The van der Waals surface area contributed by atoms with Crippen LogP contribution < -0.4 is 4.57 Å². The third-order valence-electron chi connectivity index (χ3n) is 3.91. The molecular formula is C16H27N3O2+2. The molecule has 2 atom stereocenters. The first kappa shape index (κ1) is 15.9. The number of imidazole rings is 1. The van der Waals surface area contributed by atoms with Gasteiger partial charge in [-0.2, -0.15) is 9.14 Å². The van der Waals surface area contributed by atoms with Gasteiger partial charge >= 0.3 is 0 Å². The Balaban J connectivity index is 2.14. The highest BCUT2D eigenvalue weighted by atomic mass is 16.3. The summed E-state index contributed by atoms with van der Waals surface area (Å²) >= 11 is 0. The third-order valence-corrected chi connectivity index (χ3v) is 3.91. The van der Waals surface area contributed by atoms with Crippen molar-refractivity contribution in [1.29, 1.82) is 0 Å². The molecule has 0 saturated carbocycles. The van der Waals surface area contributed by atoms with Crippen molar-refractivity contribution in [3.63, 3.8) is 0 Å². The van der Waals surface area contributed by atoms with Gasteiger partial charge in [-0.1, -0.05) is 13.3 Å². The normalized spacial score (nSPS) is 19.0. The predicted octanol–water partition coefficient (Wildman–Crippen LogP) is 1.07. The minimum Gasteiger partial charge on any atom is -0.396 e. The summed E-state index contributed by atoms with van der Waals surface area (Å²) < 4.78 is 6.46. The Kier molecular flexibility index (Phi) is 6.14. The number of rotatable bonds is 9. The van der Waals surface area contributed by atoms with Crippen molar-refractivity contribution in [2.24, 2.45) is 5.92 Å². The first-order chi connectivity index (χ1) is 10.3. The molecule has 5 heteroatoms. The zero-order valence-electron chi connectivity index (χ0n) is 12.8. The number of hydrogen-bond donors (Lipinski definition) is 2. The molecule has 116 valence electrons. The summed E-state index contributed by atoms with van der Waals surface area (Å²) in [6, 6.07) is 0. The molecule has 0 aromatic carbocycles. The number of nitrogens with zero attached hydrogens (tertiary/aromatic N) is 3. The molecule has 0 fully saturated rings. The van der Waals surface area contributed by atoms with E-state index in [0.29, 0.717) is 12.5 Å². The van der Waals surface area contributed by atoms with Crippen molar-refractivity contribution < 1.29 is 19.4 Å². The SMILES string of the molecule is CCCCC([N+]1=CC(CCO)C=C1)[n+]1ccn(CCO)c1. The number of aromatic nitrogens is 2. The predicted molar refractivity (Wildman–Crippen MR) is 80.9 cm³/mol. The minimum atomic E-state index is 0.155. The Morgan fingerprint density at radius 3 is 2.86 bits per heavy atom. The van der Waals surface area contributed by atoms with Crippen LogP contribution in [-0.4, -0.2) is 38.8 Å². The molecule has 0 radical (unpaired) electrons. The second-order valence-corrected chi connectivity index (χ2v) is 5.56. The van der Waals surface area contributed by atoms with E-state index in [9.17, 15) is 0 Å². The molecule has 1 aromatic rings. The number of hydrogen-bond acceptors (Lipinski definition) is 2. The molecule has 0 amide bonds. The highest BCUT2D eigenvalue weighted by Crippen LogP contribution is 2.16. The van der Waals surface area contributed by atoms with Crippen LogP contribution in [0, 0.1) is 5.92 Å². The fourth-order valence-corrected chi connectivity index (χ4v) is 2.72. The largest absolute Gasteiger partial charge is 0.396 e. The maximum absolute atomic E-state index is 9.07. The zero-order chi connectivity index (χ0) is 15.1. The van der Waals surface area contributed by atoms with Gasteiger partial charge in [-0.3, -0.25) is 0 Å². The van der Waals surface area contributed by atoms with Gasteiger partial charge in [0.05, 0.1) is 18.9 Å². The lowest BCUT2D eigenvalue weighted by Gasteiger charge is -2.08. The number of allylic oxidation sites excluding steroid dienone is 1. The number of unbranched alkanes of at least 4 members (excludes halogenated alkanes) is 1. The second kappa shape index (κ2) is 8.10. The van der Waals surface area contributed by atoms with E-state index in [1.165, 1.54) is 12.8 Å². The van der Waals surface area contributed by atoms with Crippen molar-refractivity contribution in [1.82, 2.24) is 4.57 Å². The van der Waals surface area contributed by atoms with Gasteiger partial charge in [-0.25, -0.2) is 4.57 Å². The summed E-state index contributed by atoms with van der Waals surface area (Å²) in [5.74, 6) is 0.333. The van der Waals surface area contributed by atoms with Crippen molar-refractivity contribution in [2.75, 3.05) is 13.2 Å². The minimum absolute atomic E-state index is 0.155. The smallest absolute Gasteiger partial charge is 0.298 e. The highest BCUT2D eigenvalue weighted by Gasteiger charge is 2.29. The summed E-state index contributed by atoms with van der Waals surface area (Å²) in [7, 11) is 0. The summed E-state index contributed by atoms with van der Waals surface area (Å²) in [4.78, 5) is 0. The first-order valence-corrected chi connectivity index (χ1v) is 7.87. The molecule has 1 aromatic heterocycles. The highest BCUT2D eigenvalue weighted by molar-refractivity contribution is 5.60. The summed E-state index contributed by atoms with van der Waals surface area (Å²) in [5, 5.41) is 18.1. The standard InChI is InChI=1S/C16H27N3O2/c1-2-3-4-16(18-7-5-15(13-18)6-11-20)19-9-8-17(14-19)10-12-21/h5,7-9,13-16,20-21H,2-4,6,10-12H2,1H3/q+2. The average molecular weight is 293 g/mol. The van der Waals surface area contributed by atoms with Gasteiger partial charge in [0.25, 0.3) is 6.17 Å². The maximum Gasteiger partial charge on any atom is 0.298 e. The van der Waals surface area contributed by atoms with E-state index < -0.39 is 0 Å². The molecule has 5 nitrogen and oxygen atoms in total. The van der Waals surface area contributed by atoms with Crippen LogP contribution >= 0.6 is 0 Å². The lowest BCUT2D eigenvalue weighted by Crippen LogP contribution is -2.43. The Hall–Kier alpha value is -1.46.